The number of Topliss-reactive ketones (excluding diaryl/α,β-unsaturated/α-hetero) is 4. The van der Waals surface area contributed by atoms with Gasteiger partial charge in [0.25, 0.3) is 11.8 Å². The summed E-state index contributed by atoms with van der Waals surface area (Å²) in [7, 11) is 0. The van der Waals surface area contributed by atoms with E-state index in [0.717, 1.165) is 75.1 Å². The minimum Gasteiger partial charge on any atom is -0.508 e. The third kappa shape index (κ3) is 21.2. The van der Waals surface area contributed by atoms with E-state index in [0.29, 0.717) is 172 Å². The summed E-state index contributed by atoms with van der Waals surface area (Å²) in [5, 5.41) is 25.2. The lowest BCUT2D eigenvalue weighted by Gasteiger charge is -2.29. The highest BCUT2D eigenvalue weighted by atomic mass is 32.1. The Hall–Kier alpha value is -10.9. The maximum Gasteiger partial charge on any atom is 0.255 e. The van der Waals surface area contributed by atoms with Crippen molar-refractivity contribution in [2.45, 2.75) is 77.5 Å². The number of amides is 2. The van der Waals surface area contributed by atoms with E-state index in [2.05, 4.69) is 67.7 Å². The summed E-state index contributed by atoms with van der Waals surface area (Å²) in [6.07, 6.45) is 2.09. The van der Waals surface area contributed by atoms with Gasteiger partial charge in [-0.1, -0.05) is 71.8 Å². The van der Waals surface area contributed by atoms with Crippen LogP contribution in [-0.4, -0.2) is 172 Å². The summed E-state index contributed by atoms with van der Waals surface area (Å²) in [4.78, 5) is 87.9. The maximum atomic E-state index is 13.0. The van der Waals surface area contributed by atoms with Gasteiger partial charge in [0, 0.05) is 86.3 Å². The highest BCUT2D eigenvalue weighted by Crippen LogP contribution is 2.49. The molecule has 4 aliphatic rings. The normalized spacial score (nSPS) is 15.3. The highest BCUT2D eigenvalue weighted by molar-refractivity contribution is 7.23. The lowest BCUT2D eigenvalue weighted by Crippen LogP contribution is -2.44. The van der Waals surface area contributed by atoms with Crippen LogP contribution in [-0.2, 0) is 65.5 Å². The molecule has 2 fully saturated rings. The molecule has 5 N–H and O–H groups in total. The molecule has 0 bridgehead atoms. The quantitative estimate of drug-likeness (QED) is 0.0126. The number of hydrogen-bond acceptors (Lipinski definition) is 23. The largest absolute Gasteiger partial charge is 0.508 e. The molecule has 2 aromatic heterocycles. The van der Waals surface area contributed by atoms with Crippen LogP contribution in [0, 0.1) is 13.8 Å². The number of nitrogens with zero attached hydrogens (tertiary/aromatic N) is 2. The molecule has 23 nitrogen and oxygen atoms in total. The summed E-state index contributed by atoms with van der Waals surface area (Å²) in [5.74, 6) is 4.04. The fourth-order valence-electron chi connectivity index (χ4n) is 13.1. The molecule has 2 atom stereocenters. The topological polar surface area (TPSA) is 297 Å². The van der Waals surface area contributed by atoms with E-state index in [1.165, 1.54) is 11.1 Å². The number of rotatable bonds is 34. The van der Waals surface area contributed by atoms with Crippen LogP contribution in [0.15, 0.2) is 170 Å². The first-order valence-corrected chi connectivity index (χ1v) is 38.5. The molecule has 25 heteroatoms. The van der Waals surface area contributed by atoms with Gasteiger partial charge in [0.05, 0.1) is 107 Å². The van der Waals surface area contributed by atoms with Gasteiger partial charge in [0.2, 0.25) is 0 Å². The van der Waals surface area contributed by atoms with Crippen LogP contribution < -0.4 is 30.0 Å². The molecule has 2 aliphatic heterocycles. The number of ether oxygens (including phenoxy) is 10. The molecule has 2 unspecified atom stereocenters. The average Bonchev–Trinajstić information content (AvgIpc) is 1.65. The van der Waals surface area contributed by atoms with Gasteiger partial charge < -0.3 is 83.2 Å². The second kappa shape index (κ2) is 39.2. The zero-order valence-corrected chi connectivity index (χ0v) is 63.4. The Bertz CT molecular complexity index is 4890. The molecule has 14 rings (SSSR count). The average molecular weight is 1550 g/mol. The molecule has 2 saturated carbocycles. The van der Waals surface area contributed by atoms with Gasteiger partial charge in [0.1, 0.15) is 72.2 Å². The molecule has 8 aromatic carbocycles. The first-order valence-electron chi connectivity index (χ1n) is 36.9. The Morgan fingerprint density at radius 3 is 1.32 bits per heavy atom. The van der Waals surface area contributed by atoms with E-state index in [1.54, 1.807) is 81.0 Å². The van der Waals surface area contributed by atoms with Crippen molar-refractivity contribution in [1.82, 2.24) is 9.80 Å². The zero-order valence-electron chi connectivity index (χ0n) is 61.8. The molecule has 111 heavy (non-hydrogen) atoms. The molecule has 578 valence electrons. The van der Waals surface area contributed by atoms with Crippen molar-refractivity contribution in [3.63, 3.8) is 0 Å². The number of anilines is 2. The summed E-state index contributed by atoms with van der Waals surface area (Å²) in [6.45, 7) is 11.1. The van der Waals surface area contributed by atoms with Gasteiger partial charge in [0.15, 0.2) is 23.1 Å². The van der Waals surface area contributed by atoms with Gasteiger partial charge in [-0.15, -0.1) is 22.7 Å². The van der Waals surface area contributed by atoms with Crippen molar-refractivity contribution in [1.29, 1.82) is 0 Å². The Labute approximate surface area is 650 Å². The Kier molecular flexibility index (Phi) is 28.1. The van der Waals surface area contributed by atoms with Crippen LogP contribution in [0.3, 0.4) is 0 Å². The molecule has 0 radical (unpaired) electrons. The molecular weight excluding hydrogens is 1460 g/mol. The predicted molar refractivity (Wildman–Crippen MR) is 423 cm³/mol. The van der Waals surface area contributed by atoms with E-state index in [9.17, 15) is 43.8 Å². The second-order valence-corrected chi connectivity index (χ2v) is 28.8. The zero-order chi connectivity index (χ0) is 77.6. The lowest BCUT2D eigenvalue weighted by atomic mass is 9.92. The third-order valence-corrected chi connectivity index (χ3v) is 21.2. The Morgan fingerprint density at radius 2 is 0.874 bits per heavy atom. The molecule has 2 amide bonds. The van der Waals surface area contributed by atoms with Gasteiger partial charge in [-0.3, -0.25) is 28.8 Å². The minimum atomic E-state index is -0.532. The van der Waals surface area contributed by atoms with E-state index in [4.69, 9.17) is 53.1 Å². The monoisotopic (exact) mass is 1540 g/mol. The minimum absolute atomic E-state index is 0.0371. The number of aryl methyl sites for hydroxylation is 2. The standard InChI is InChI=1S/C43H44N2O9S.C29H30O7S.C14H14N2O3/c1-28-5-7-29(8-6-28)42-41(35-15-9-31(47)26-40(35)55-42)54-33-13-11-32(12-14-33)53-24-23-52-22-21-51-20-19-50-18-17-44-37-4-2-3-34-36(37)27-45(43(34)49)38-16-10-30(46)25-39(38)48;1-21-2-4-22(5-3-21)29-28(26-11-6-23(31)20-27(26)37-29)36-25-9-7-24(8-10-25)35-19-18-34-17-16-33-15-14-32-13-12-30;15-11-3-1-2-9-10(11)7-16(14(9)19)12-5-4-8(17)6-13(12)18/h2-9,11-15,26,38,44,47H,10,16-25,27H2,1H3;2-12,20,31H,13-19H2,1H3;1-3,12H,4-7,15H2. The van der Waals surface area contributed by atoms with Crippen LogP contribution in [0.4, 0.5) is 11.4 Å². The van der Waals surface area contributed by atoms with Gasteiger partial charge in [-0.2, -0.15) is 0 Å². The Morgan fingerprint density at radius 1 is 0.468 bits per heavy atom. The SMILES string of the molecule is Cc1ccc(-c2sc3cc(O)ccc3c2Oc2ccc(OCCOCCOCCOCC=O)cc2)cc1.Cc1ccc(-c2sc3cc(O)ccc3c2Oc2ccc(OCCOCCOCCOCCNc3cccc4c3CN(C3CCC(=O)CC3=O)C4=O)cc2)cc1.Nc1cccc2c1CN(C1CCC(=O)CC1=O)C2=O. The van der Waals surface area contributed by atoms with Crippen LogP contribution in [0.2, 0.25) is 0 Å². The van der Waals surface area contributed by atoms with E-state index in [1.807, 2.05) is 72.8 Å². The summed E-state index contributed by atoms with van der Waals surface area (Å²) < 4.78 is 59.1. The number of aldehydes is 1. The van der Waals surface area contributed by atoms with Crippen LogP contribution in [0.1, 0.15) is 81.5 Å². The molecule has 0 spiro atoms. The first-order chi connectivity index (χ1) is 54.0. The van der Waals surface area contributed by atoms with Gasteiger partial charge in [-0.25, -0.2) is 0 Å². The van der Waals surface area contributed by atoms with Crippen molar-refractivity contribution in [2.24, 2.45) is 0 Å². The maximum absolute atomic E-state index is 13.0. The Balaban J connectivity index is 0.000000174. The van der Waals surface area contributed by atoms with Crippen molar-refractivity contribution >= 4 is 95.5 Å². The highest BCUT2D eigenvalue weighted by Gasteiger charge is 2.41. The number of phenolic OH excluding ortho intramolecular Hbond substituents is 2. The number of benzene rings is 8. The van der Waals surface area contributed by atoms with Crippen molar-refractivity contribution in [2.75, 3.05) is 110 Å². The first kappa shape index (κ1) is 79.7. The number of carbonyl (C=O) groups is 7. The number of thiophene rings is 2. The lowest BCUT2D eigenvalue weighted by molar-refractivity contribution is -0.134. The number of carbonyl (C=O) groups excluding carboxylic acids is 7. The molecule has 0 saturated heterocycles. The van der Waals surface area contributed by atoms with Crippen molar-refractivity contribution in [3.8, 4) is 66.9 Å². The fourth-order valence-corrected chi connectivity index (χ4v) is 15.5. The number of aromatic hydroxyl groups is 2. The summed E-state index contributed by atoms with van der Waals surface area (Å²) >= 11 is 3.18. The van der Waals surface area contributed by atoms with Crippen LogP contribution in [0.25, 0.3) is 41.1 Å². The molecular formula is C86H88N4O19S2. The number of nitrogens with one attached hydrogen (secondary N) is 1. The number of phenols is 2. The van der Waals surface area contributed by atoms with E-state index < -0.39 is 12.1 Å². The molecule has 4 heterocycles. The summed E-state index contributed by atoms with van der Waals surface area (Å²) in [6, 6.07) is 52.0. The van der Waals surface area contributed by atoms with E-state index in [-0.39, 0.29) is 65.9 Å². The number of ketones is 4. The van der Waals surface area contributed by atoms with E-state index >= 15 is 0 Å². The fraction of sp³-hybridized carbons (Fsp3) is 0.314. The number of nitrogen functional groups attached to an aromatic ring is 1. The van der Waals surface area contributed by atoms with Gasteiger partial charge >= 0.3 is 0 Å². The molecule has 10 aromatic rings. The smallest absolute Gasteiger partial charge is 0.255 e. The van der Waals surface area contributed by atoms with Crippen LogP contribution >= 0.6 is 22.7 Å². The molecule has 2 aliphatic carbocycles. The summed E-state index contributed by atoms with van der Waals surface area (Å²) in [5.41, 5.74) is 14.6. The third-order valence-electron chi connectivity index (χ3n) is 18.9. The second-order valence-electron chi connectivity index (χ2n) is 26.7. The van der Waals surface area contributed by atoms with Crippen molar-refractivity contribution in [3.05, 3.63) is 203 Å². The number of fused-ring (bicyclic) bond motifs is 4. The number of nitrogens with two attached hydrogens (primary N) is 1. The predicted octanol–water partition coefficient (Wildman–Crippen LogP) is 14.5. The van der Waals surface area contributed by atoms with Crippen molar-refractivity contribution < 1.29 is 91.1 Å². The number of hydrogen-bond donors (Lipinski definition) is 4. The van der Waals surface area contributed by atoms with Gasteiger partial charge in [-0.05, 0) is 147 Å². The van der Waals surface area contributed by atoms with Crippen LogP contribution in [0.5, 0.6) is 46.0 Å².